The van der Waals surface area contributed by atoms with Crippen LogP contribution in [0.25, 0.3) is 33.6 Å². The average molecular weight is 505 g/mol. The molecular weight excluding hydrogens is 472 g/mol. The van der Waals surface area contributed by atoms with Crippen LogP contribution < -0.4 is 10.6 Å². The maximum absolute atomic E-state index is 13.1. The second-order valence-corrected chi connectivity index (χ2v) is 10.5. The monoisotopic (exact) mass is 504 g/mol. The van der Waals surface area contributed by atoms with Gasteiger partial charge in [0.1, 0.15) is 5.82 Å². The molecule has 2 N–H and O–H groups in total. The fraction of sp³-hybridized carbons (Fsp3) is 0.290. The largest absolute Gasteiger partial charge is 0.367 e. The van der Waals surface area contributed by atoms with Gasteiger partial charge in [-0.05, 0) is 80.3 Å². The van der Waals surface area contributed by atoms with Gasteiger partial charge >= 0.3 is 0 Å². The molecule has 192 valence electrons. The van der Waals surface area contributed by atoms with Gasteiger partial charge in [-0.1, -0.05) is 18.2 Å². The Hall–Kier alpha value is -4.10. The summed E-state index contributed by atoms with van der Waals surface area (Å²) in [4.78, 5) is 28.9. The van der Waals surface area contributed by atoms with Crippen molar-refractivity contribution in [3.8, 4) is 33.6 Å². The standard InChI is InChI=1S/C31H32N6O/c1-20-18-37(19-21(2)34-20)31(38)23-8-6-22(7-9-23)25-13-26(17-32-16-25)24-14-29(28-5-3-4-12-33-28)36-30(15-24)35-27-10-11-27/h3-9,12-17,20-21,27,34H,10-11,18-19H2,1-2H3,(H,35,36). The molecule has 1 amide bonds. The fourth-order valence-corrected chi connectivity index (χ4v) is 5.09. The molecule has 4 heterocycles. The quantitative estimate of drug-likeness (QED) is 0.372. The predicted molar refractivity (Wildman–Crippen MR) is 151 cm³/mol. The van der Waals surface area contributed by atoms with Crippen molar-refractivity contribution in [2.45, 2.75) is 44.8 Å². The van der Waals surface area contributed by atoms with E-state index in [1.54, 1.807) is 6.20 Å². The summed E-state index contributed by atoms with van der Waals surface area (Å²) in [5.74, 6) is 0.939. The Morgan fingerprint density at radius 3 is 2.29 bits per heavy atom. The Morgan fingerprint density at radius 2 is 1.61 bits per heavy atom. The highest BCUT2D eigenvalue weighted by atomic mass is 16.2. The molecule has 1 aromatic carbocycles. The Balaban J connectivity index is 1.27. The number of carbonyl (C=O) groups excluding carboxylic acids is 1. The minimum Gasteiger partial charge on any atom is -0.367 e. The first-order valence-corrected chi connectivity index (χ1v) is 13.3. The first-order valence-electron chi connectivity index (χ1n) is 13.3. The van der Waals surface area contributed by atoms with E-state index in [2.05, 4.69) is 52.6 Å². The molecule has 0 radical (unpaired) electrons. The highest BCUT2D eigenvalue weighted by Gasteiger charge is 2.25. The summed E-state index contributed by atoms with van der Waals surface area (Å²) in [5.41, 5.74) is 6.44. The first kappa shape index (κ1) is 24.2. The average Bonchev–Trinajstić information content (AvgIpc) is 3.76. The lowest BCUT2D eigenvalue weighted by molar-refractivity contribution is 0.0674. The van der Waals surface area contributed by atoms with Crippen molar-refractivity contribution in [1.82, 2.24) is 25.2 Å². The number of hydrogen-bond acceptors (Lipinski definition) is 6. The van der Waals surface area contributed by atoms with Crippen molar-refractivity contribution in [2.75, 3.05) is 18.4 Å². The number of piperazine rings is 1. The maximum atomic E-state index is 13.1. The van der Waals surface area contributed by atoms with E-state index in [1.807, 2.05) is 59.8 Å². The van der Waals surface area contributed by atoms with E-state index in [-0.39, 0.29) is 5.91 Å². The summed E-state index contributed by atoms with van der Waals surface area (Å²) in [6.07, 6.45) is 7.88. The summed E-state index contributed by atoms with van der Waals surface area (Å²) in [6, 6.07) is 21.1. The van der Waals surface area contributed by atoms with E-state index < -0.39 is 0 Å². The third-order valence-corrected chi connectivity index (χ3v) is 7.06. The Bertz CT molecular complexity index is 1420. The zero-order valence-corrected chi connectivity index (χ0v) is 21.8. The van der Waals surface area contributed by atoms with Crippen LogP contribution in [-0.4, -0.2) is 57.0 Å². The molecule has 7 heteroatoms. The molecule has 2 fully saturated rings. The van der Waals surface area contributed by atoms with Gasteiger partial charge in [0.25, 0.3) is 5.91 Å². The molecule has 2 aliphatic rings. The molecule has 1 aliphatic heterocycles. The van der Waals surface area contributed by atoms with Crippen molar-refractivity contribution >= 4 is 11.7 Å². The normalized spacial score (nSPS) is 19.3. The summed E-state index contributed by atoms with van der Waals surface area (Å²) in [6.45, 7) is 5.68. The minimum atomic E-state index is 0.0816. The van der Waals surface area contributed by atoms with Crippen molar-refractivity contribution in [1.29, 1.82) is 0 Å². The van der Waals surface area contributed by atoms with Crippen LogP contribution in [-0.2, 0) is 0 Å². The Morgan fingerprint density at radius 1 is 0.868 bits per heavy atom. The maximum Gasteiger partial charge on any atom is 0.253 e. The third-order valence-electron chi connectivity index (χ3n) is 7.06. The molecule has 38 heavy (non-hydrogen) atoms. The van der Waals surface area contributed by atoms with Gasteiger partial charge in [-0.2, -0.15) is 0 Å². The van der Waals surface area contributed by atoms with Gasteiger partial charge in [0, 0.05) is 66.5 Å². The van der Waals surface area contributed by atoms with E-state index >= 15 is 0 Å². The van der Waals surface area contributed by atoms with Crippen LogP contribution in [0.2, 0.25) is 0 Å². The molecule has 0 bridgehead atoms. The number of hydrogen-bond donors (Lipinski definition) is 2. The topological polar surface area (TPSA) is 83.0 Å². The van der Waals surface area contributed by atoms with Gasteiger partial charge in [0.05, 0.1) is 11.4 Å². The van der Waals surface area contributed by atoms with Gasteiger partial charge in [-0.15, -0.1) is 0 Å². The molecule has 4 aromatic rings. The van der Waals surface area contributed by atoms with E-state index in [9.17, 15) is 4.79 Å². The van der Waals surface area contributed by atoms with Crippen molar-refractivity contribution < 1.29 is 4.79 Å². The molecule has 7 nitrogen and oxygen atoms in total. The minimum absolute atomic E-state index is 0.0816. The Kier molecular flexibility index (Phi) is 6.60. The zero-order valence-electron chi connectivity index (χ0n) is 21.8. The summed E-state index contributed by atoms with van der Waals surface area (Å²) < 4.78 is 0. The molecule has 1 saturated heterocycles. The Labute approximate surface area is 223 Å². The smallest absolute Gasteiger partial charge is 0.253 e. The lowest BCUT2D eigenvalue weighted by atomic mass is 10.00. The molecule has 6 rings (SSSR count). The number of anilines is 1. The van der Waals surface area contributed by atoms with Crippen LogP contribution in [0.15, 0.2) is 79.3 Å². The highest BCUT2D eigenvalue weighted by Crippen LogP contribution is 2.32. The number of carbonyl (C=O) groups is 1. The lowest BCUT2D eigenvalue weighted by Crippen LogP contribution is -2.55. The summed E-state index contributed by atoms with van der Waals surface area (Å²) in [5, 5.41) is 7.01. The first-order chi connectivity index (χ1) is 18.5. The van der Waals surface area contributed by atoms with E-state index in [1.165, 1.54) is 12.8 Å². The van der Waals surface area contributed by atoms with Crippen LogP contribution in [0.3, 0.4) is 0 Å². The number of nitrogens with one attached hydrogen (secondary N) is 2. The zero-order chi connectivity index (χ0) is 26.1. The number of pyridine rings is 3. The molecule has 0 spiro atoms. The number of amides is 1. The van der Waals surface area contributed by atoms with Crippen molar-refractivity contribution in [3.63, 3.8) is 0 Å². The molecule has 3 aromatic heterocycles. The fourth-order valence-electron chi connectivity index (χ4n) is 5.09. The third kappa shape index (κ3) is 5.43. The van der Waals surface area contributed by atoms with E-state index in [0.717, 1.165) is 52.5 Å². The van der Waals surface area contributed by atoms with Crippen LogP contribution in [0.4, 0.5) is 5.82 Å². The predicted octanol–water partition coefficient (Wildman–Crippen LogP) is 5.27. The van der Waals surface area contributed by atoms with Crippen molar-refractivity contribution in [2.24, 2.45) is 0 Å². The van der Waals surface area contributed by atoms with Crippen LogP contribution in [0, 0.1) is 0 Å². The summed E-state index contributed by atoms with van der Waals surface area (Å²) >= 11 is 0. The number of benzene rings is 1. The summed E-state index contributed by atoms with van der Waals surface area (Å²) in [7, 11) is 0. The van der Waals surface area contributed by atoms with Crippen molar-refractivity contribution in [3.05, 3.63) is 84.8 Å². The number of nitrogens with zero attached hydrogens (tertiary/aromatic N) is 4. The number of aromatic nitrogens is 3. The van der Waals surface area contributed by atoms with Gasteiger partial charge in [-0.25, -0.2) is 4.98 Å². The molecule has 2 unspecified atom stereocenters. The van der Waals surface area contributed by atoms with E-state index in [0.29, 0.717) is 23.7 Å². The second kappa shape index (κ2) is 10.3. The van der Waals surface area contributed by atoms with E-state index in [4.69, 9.17) is 4.98 Å². The lowest BCUT2D eigenvalue weighted by Gasteiger charge is -2.36. The van der Waals surface area contributed by atoms with Gasteiger partial charge in [0.15, 0.2) is 0 Å². The van der Waals surface area contributed by atoms with Gasteiger partial charge in [-0.3, -0.25) is 14.8 Å². The molecule has 1 aliphatic carbocycles. The van der Waals surface area contributed by atoms with Crippen LogP contribution in [0.1, 0.15) is 37.0 Å². The van der Waals surface area contributed by atoms with Crippen LogP contribution >= 0.6 is 0 Å². The molecule has 2 atom stereocenters. The SMILES string of the molecule is CC1CN(C(=O)c2ccc(-c3cncc(-c4cc(NC5CC5)nc(-c5ccccn5)c4)c3)cc2)CC(C)N1. The molecule has 1 saturated carbocycles. The highest BCUT2D eigenvalue weighted by molar-refractivity contribution is 5.95. The van der Waals surface area contributed by atoms with Crippen LogP contribution in [0.5, 0.6) is 0 Å². The molecular formula is C31H32N6O. The number of rotatable bonds is 6. The van der Waals surface area contributed by atoms with Gasteiger partial charge < -0.3 is 15.5 Å². The van der Waals surface area contributed by atoms with Gasteiger partial charge in [0.2, 0.25) is 0 Å². The second-order valence-electron chi connectivity index (χ2n) is 10.5.